The highest BCUT2D eigenvalue weighted by Crippen LogP contribution is 1.89. The average molecular weight is 274 g/mol. The molecule has 0 bridgehead atoms. The fourth-order valence-electron chi connectivity index (χ4n) is 0.749. The molecule has 0 aliphatic carbocycles. The van der Waals surface area contributed by atoms with Crippen LogP contribution in [-0.4, -0.2) is 39.1 Å². The van der Waals surface area contributed by atoms with Crippen LogP contribution in [-0.2, 0) is 19.6 Å². The van der Waals surface area contributed by atoms with Gasteiger partial charge >= 0.3 is 6.03 Å². The van der Waals surface area contributed by atoms with E-state index in [-0.39, 0.29) is 26.0 Å². The lowest BCUT2D eigenvalue weighted by Gasteiger charge is -2.08. The van der Waals surface area contributed by atoms with Crippen LogP contribution in [0.4, 0.5) is 4.79 Å². The quantitative estimate of drug-likeness (QED) is 0.195. The summed E-state index contributed by atoms with van der Waals surface area (Å²) < 4.78 is 0. The second-order valence-corrected chi connectivity index (χ2v) is 3.96. The first kappa shape index (κ1) is 17.6. The summed E-state index contributed by atoms with van der Waals surface area (Å²) >= 11 is 0. The van der Waals surface area contributed by atoms with E-state index in [1.807, 2.05) is 6.92 Å². The summed E-state index contributed by atoms with van der Waals surface area (Å²) in [5.41, 5.74) is 1.69. The molecular formula is C12H22N2O5. The first-order valence-corrected chi connectivity index (χ1v) is 5.81. The molecule has 0 heterocycles. The molecule has 0 aromatic rings. The van der Waals surface area contributed by atoms with Gasteiger partial charge in [0.1, 0.15) is 13.2 Å². The summed E-state index contributed by atoms with van der Waals surface area (Å²) in [4.78, 5) is 30.2. The van der Waals surface area contributed by atoms with Crippen LogP contribution in [0.2, 0.25) is 0 Å². The van der Waals surface area contributed by atoms with Gasteiger partial charge in [-0.05, 0) is 13.8 Å². The first-order chi connectivity index (χ1) is 9.02. The van der Waals surface area contributed by atoms with Crippen LogP contribution in [0.25, 0.3) is 0 Å². The van der Waals surface area contributed by atoms with Gasteiger partial charge in [-0.2, -0.15) is 0 Å². The van der Waals surface area contributed by atoms with Gasteiger partial charge in [-0.3, -0.25) is 0 Å². The lowest BCUT2D eigenvalue weighted by atomic mass is 10.4. The maximum Gasteiger partial charge on any atom is 0.316 e. The predicted octanol–water partition coefficient (Wildman–Crippen LogP) is 1.29. The fourth-order valence-corrected chi connectivity index (χ4v) is 0.749. The summed E-state index contributed by atoms with van der Waals surface area (Å²) in [6, 6.07) is -0.387. The number of amides is 2. The number of hydrogen-bond acceptors (Lipinski definition) is 5. The second kappa shape index (κ2) is 11.7. The fraction of sp³-hybridized carbons (Fsp3) is 0.583. The van der Waals surface area contributed by atoms with Gasteiger partial charge in [0.05, 0.1) is 6.61 Å². The van der Waals surface area contributed by atoms with Crippen LogP contribution in [0.15, 0.2) is 24.3 Å². The van der Waals surface area contributed by atoms with E-state index in [1.165, 1.54) is 0 Å². The van der Waals surface area contributed by atoms with E-state index >= 15 is 0 Å². The highest BCUT2D eigenvalue weighted by molar-refractivity contribution is 5.73. The minimum atomic E-state index is -0.387. The van der Waals surface area contributed by atoms with E-state index in [9.17, 15) is 4.79 Å². The third-order valence-corrected chi connectivity index (χ3v) is 1.54. The van der Waals surface area contributed by atoms with Gasteiger partial charge in [0.2, 0.25) is 0 Å². The molecule has 0 radical (unpaired) electrons. The predicted molar refractivity (Wildman–Crippen MR) is 70.0 cm³/mol. The van der Waals surface area contributed by atoms with E-state index in [2.05, 4.69) is 28.7 Å². The minimum absolute atomic E-state index is 0.0495. The zero-order chi connectivity index (χ0) is 14.5. The van der Waals surface area contributed by atoms with E-state index < -0.39 is 0 Å². The van der Waals surface area contributed by atoms with Crippen molar-refractivity contribution < 1.29 is 24.3 Å². The Labute approximate surface area is 113 Å². The van der Waals surface area contributed by atoms with Crippen molar-refractivity contribution in [3.63, 3.8) is 0 Å². The topological polar surface area (TPSA) is 78.1 Å². The largest absolute Gasteiger partial charge is 0.336 e. The molecule has 0 saturated heterocycles. The Morgan fingerprint density at radius 1 is 0.947 bits per heavy atom. The molecule has 7 heteroatoms. The van der Waals surface area contributed by atoms with Crippen LogP contribution >= 0.6 is 0 Å². The third kappa shape index (κ3) is 14.5. The van der Waals surface area contributed by atoms with E-state index in [0.29, 0.717) is 13.2 Å². The van der Waals surface area contributed by atoms with Crippen molar-refractivity contribution in [1.82, 2.24) is 10.6 Å². The highest BCUT2D eigenvalue weighted by atomic mass is 17.2. The molecule has 19 heavy (non-hydrogen) atoms. The molecule has 0 spiro atoms. The van der Waals surface area contributed by atoms with Gasteiger partial charge < -0.3 is 10.6 Å². The summed E-state index contributed by atoms with van der Waals surface area (Å²) in [5.74, 6) is 0. The molecule has 0 aliphatic rings. The van der Waals surface area contributed by atoms with Crippen molar-refractivity contribution in [1.29, 1.82) is 0 Å². The van der Waals surface area contributed by atoms with Gasteiger partial charge in [0.25, 0.3) is 0 Å². The Balaban J connectivity index is 3.26. The molecule has 0 unspecified atom stereocenters. The summed E-state index contributed by atoms with van der Waals surface area (Å²) in [7, 11) is 0. The molecule has 2 N–H and O–H groups in total. The smallest absolute Gasteiger partial charge is 0.316 e. The molecule has 2 amide bonds. The summed E-state index contributed by atoms with van der Waals surface area (Å²) in [6.45, 7) is 12.0. The molecule has 0 rings (SSSR count). The van der Waals surface area contributed by atoms with Crippen molar-refractivity contribution in [2.45, 2.75) is 13.8 Å². The van der Waals surface area contributed by atoms with Gasteiger partial charge in [-0.25, -0.2) is 24.3 Å². The van der Waals surface area contributed by atoms with Gasteiger partial charge in [0, 0.05) is 6.54 Å². The van der Waals surface area contributed by atoms with Gasteiger partial charge in [-0.15, -0.1) is 0 Å². The van der Waals surface area contributed by atoms with Crippen LogP contribution in [0.1, 0.15) is 13.8 Å². The van der Waals surface area contributed by atoms with Crippen LogP contribution in [0.3, 0.4) is 0 Å². The Hall–Kier alpha value is -1.41. The monoisotopic (exact) mass is 274 g/mol. The van der Waals surface area contributed by atoms with Crippen molar-refractivity contribution in [2.75, 3.05) is 33.1 Å². The maximum atomic E-state index is 11.2. The van der Waals surface area contributed by atoms with Crippen molar-refractivity contribution in [3.05, 3.63) is 24.3 Å². The molecule has 0 saturated carbocycles. The number of rotatable bonds is 11. The molecular weight excluding hydrogens is 252 g/mol. The second-order valence-electron chi connectivity index (χ2n) is 3.96. The lowest BCUT2D eigenvalue weighted by Crippen LogP contribution is -2.38. The zero-order valence-corrected chi connectivity index (χ0v) is 11.5. The normalized spacial score (nSPS) is 10.0. The molecule has 0 fully saturated rings. The van der Waals surface area contributed by atoms with E-state index in [1.54, 1.807) is 6.92 Å². The average Bonchev–Trinajstić information content (AvgIpc) is 2.32. The molecule has 7 nitrogen and oxygen atoms in total. The minimum Gasteiger partial charge on any atom is -0.336 e. The zero-order valence-electron chi connectivity index (χ0n) is 11.5. The number of carbonyl (C=O) groups excluding carboxylic acids is 1. The van der Waals surface area contributed by atoms with Crippen LogP contribution < -0.4 is 10.6 Å². The Morgan fingerprint density at radius 2 is 1.53 bits per heavy atom. The van der Waals surface area contributed by atoms with Gasteiger partial charge in [-0.1, -0.05) is 24.3 Å². The van der Waals surface area contributed by atoms with Crippen molar-refractivity contribution in [2.24, 2.45) is 0 Å². The molecule has 0 aliphatic heterocycles. The Morgan fingerprint density at radius 3 is 2.11 bits per heavy atom. The SMILES string of the molecule is C=C(C)COOCCNC(=O)NCOOCC(=C)C. The molecule has 0 atom stereocenters. The number of urea groups is 1. The van der Waals surface area contributed by atoms with E-state index in [0.717, 1.165) is 11.1 Å². The van der Waals surface area contributed by atoms with Crippen molar-refractivity contribution >= 4 is 6.03 Å². The standard InChI is InChI=1S/C12H22N2O5/c1-10(2)7-17-16-6-5-13-12(15)14-9-19-18-8-11(3)4/h1,3,5-9H2,2,4H3,(H2,13,14,15). The summed E-state index contributed by atoms with van der Waals surface area (Å²) in [5, 5.41) is 4.97. The summed E-state index contributed by atoms with van der Waals surface area (Å²) in [6.07, 6.45) is 0. The highest BCUT2D eigenvalue weighted by Gasteiger charge is 1.99. The third-order valence-electron chi connectivity index (χ3n) is 1.54. The Kier molecular flexibility index (Phi) is 10.8. The van der Waals surface area contributed by atoms with Crippen LogP contribution in [0, 0.1) is 0 Å². The molecule has 0 aromatic heterocycles. The molecule has 0 aromatic carbocycles. The van der Waals surface area contributed by atoms with Gasteiger partial charge in [0.15, 0.2) is 6.73 Å². The van der Waals surface area contributed by atoms with Crippen LogP contribution in [0.5, 0.6) is 0 Å². The number of carbonyl (C=O) groups is 1. The first-order valence-electron chi connectivity index (χ1n) is 5.81. The van der Waals surface area contributed by atoms with E-state index in [4.69, 9.17) is 14.7 Å². The molecule has 110 valence electrons. The lowest BCUT2D eigenvalue weighted by molar-refractivity contribution is -0.290. The number of nitrogens with one attached hydrogen (secondary N) is 2. The number of hydrogen-bond donors (Lipinski definition) is 2. The maximum absolute atomic E-state index is 11.2. The Bertz CT molecular complexity index is 294. The van der Waals surface area contributed by atoms with Crippen molar-refractivity contribution in [3.8, 4) is 0 Å².